The first kappa shape index (κ1) is 62.0. The van der Waals surface area contributed by atoms with E-state index in [1.807, 2.05) is 41.5 Å². The van der Waals surface area contributed by atoms with Crippen molar-refractivity contribution < 1.29 is 19.1 Å². The number of rotatable bonds is 16. The molecule has 27 heteroatoms. The zero-order valence-electron chi connectivity index (χ0n) is 41.0. The van der Waals surface area contributed by atoms with Gasteiger partial charge in [-0.25, -0.2) is 15.3 Å². The van der Waals surface area contributed by atoms with Crippen LogP contribution in [0.3, 0.4) is 0 Å². The Hall–Kier alpha value is -5.54. The van der Waals surface area contributed by atoms with Gasteiger partial charge >= 0.3 is 5.97 Å². The van der Waals surface area contributed by atoms with Crippen molar-refractivity contribution in [3.8, 4) is 6.07 Å². The van der Waals surface area contributed by atoms with Crippen LogP contribution in [0.1, 0.15) is 96.3 Å². The molecule has 0 fully saturated rings. The lowest BCUT2D eigenvalue weighted by molar-refractivity contribution is -0.144. The Labute approximate surface area is 472 Å². The van der Waals surface area contributed by atoms with E-state index in [0.29, 0.717) is 83.6 Å². The van der Waals surface area contributed by atoms with Crippen molar-refractivity contribution in [1.82, 2.24) is 30.6 Å². The number of H-pyrrole nitrogens is 3. The highest BCUT2D eigenvalue weighted by atomic mass is 35.5. The second kappa shape index (κ2) is 29.1. The molecule has 0 unspecified atom stereocenters. The van der Waals surface area contributed by atoms with E-state index in [4.69, 9.17) is 80.6 Å². The fraction of sp³-hybridized carbons (Fsp3) is 0.271. The maximum Gasteiger partial charge on any atom is 0.313 e. The fourth-order valence-corrected chi connectivity index (χ4v) is 10.6. The van der Waals surface area contributed by atoms with Crippen LogP contribution in [0.25, 0.3) is 0 Å². The molecule has 1 amide bonds. The zero-order valence-corrected chi connectivity index (χ0v) is 48.0. The van der Waals surface area contributed by atoms with E-state index in [1.165, 1.54) is 54.3 Å². The summed E-state index contributed by atoms with van der Waals surface area (Å²) >= 11 is 41.2. The molecule has 0 aliphatic heterocycles. The number of hydrogen-bond donors (Lipinski definition) is 6. The fourth-order valence-electron chi connectivity index (χ4n) is 5.99. The van der Waals surface area contributed by atoms with Gasteiger partial charge in [-0.15, -0.1) is 0 Å². The number of hydrogen-bond acceptors (Lipinski definition) is 17. The number of Topliss-reactive ketones (excluding diaryl/α,β-unsaturated/α-hetero) is 1. The van der Waals surface area contributed by atoms with Gasteiger partial charge in [-0.1, -0.05) is 146 Å². The summed E-state index contributed by atoms with van der Waals surface area (Å²) in [5.41, 5.74) is 10.3. The van der Waals surface area contributed by atoms with Crippen molar-refractivity contribution in [2.75, 3.05) is 23.1 Å². The minimum absolute atomic E-state index is 0.0114. The molecule has 6 aromatic rings. The van der Waals surface area contributed by atoms with Crippen LogP contribution in [0, 0.1) is 11.3 Å². The van der Waals surface area contributed by atoms with E-state index in [-0.39, 0.29) is 57.0 Å². The number of anilines is 3. The molecule has 0 radical (unpaired) electrons. The van der Waals surface area contributed by atoms with Gasteiger partial charge in [-0.2, -0.15) is 25.7 Å². The summed E-state index contributed by atoms with van der Waals surface area (Å²) in [6.07, 6.45) is -0.594. The summed E-state index contributed by atoms with van der Waals surface area (Å²) in [6, 6.07) is 16.3. The number of nitrogen functional groups attached to an aromatic ring is 1. The van der Waals surface area contributed by atoms with Gasteiger partial charge in [0.15, 0.2) is 0 Å². The number of ketones is 1. The summed E-state index contributed by atoms with van der Waals surface area (Å²) in [5, 5.41) is 38.9. The van der Waals surface area contributed by atoms with E-state index in [2.05, 4.69) is 51.2 Å². The molecule has 6 rings (SSSR count). The number of aromatic nitrogens is 6. The Morgan fingerprint density at radius 3 is 1.31 bits per heavy atom. The quantitative estimate of drug-likeness (QED) is 0.0173. The van der Waals surface area contributed by atoms with Gasteiger partial charge in [0.1, 0.15) is 27.6 Å². The zero-order chi connectivity index (χ0) is 55.8. The van der Waals surface area contributed by atoms with E-state index in [1.54, 1.807) is 55.5 Å². The van der Waals surface area contributed by atoms with Gasteiger partial charge in [-0.3, -0.25) is 34.2 Å². The van der Waals surface area contributed by atoms with Crippen molar-refractivity contribution in [3.63, 3.8) is 0 Å². The third kappa shape index (κ3) is 18.6. The number of benzene rings is 3. The second-order valence-electron chi connectivity index (χ2n) is 16.4. The Bertz CT molecular complexity index is 3280. The first-order valence-corrected chi connectivity index (χ1v) is 26.8. The molecule has 3 heterocycles. The molecule has 3 aromatic heterocycles. The first-order chi connectivity index (χ1) is 35.3. The number of nitrogens with zero attached hydrogens (tertiary/aromatic N) is 5. The largest absolute Gasteiger partial charge is 0.466 e. The summed E-state index contributed by atoms with van der Waals surface area (Å²) in [4.78, 5) is 71.5. The molecule has 396 valence electrons. The highest BCUT2D eigenvalue weighted by molar-refractivity contribution is 8.00. The third-order valence-corrected chi connectivity index (χ3v) is 15.2. The number of carbonyl (C=O) groups excluding carboxylic acids is 3. The van der Waals surface area contributed by atoms with Crippen LogP contribution in [-0.2, 0) is 19.1 Å². The SMILES string of the molecule is CC(=O)Nc1cc(Cl)c(Sc2cc(C(C)C)c(=O)[nH]n2)c(Cl)c1.CC(C)c1cc(Sc2c(Cl)cc(N)cc2Cl)n[nH]c1=O.CCOC(=O)CC(=O)/C(C#N)=N\Nc1cc(Cl)c(Sc2cc(C(C)C)c(=O)[nH]n2)c(Cl)c1. The lowest BCUT2D eigenvalue weighted by Gasteiger charge is -2.10. The van der Waals surface area contributed by atoms with Crippen LogP contribution >= 0.6 is 105 Å². The van der Waals surface area contributed by atoms with E-state index in [0.717, 1.165) is 0 Å². The van der Waals surface area contributed by atoms with Crippen LogP contribution in [0.4, 0.5) is 17.1 Å². The Balaban J connectivity index is 0.000000251. The average molecular weight is 1200 g/mol. The minimum atomic E-state index is -0.784. The third-order valence-electron chi connectivity index (χ3n) is 9.53. The molecule has 7 N–H and O–H groups in total. The number of amides is 1. The van der Waals surface area contributed by atoms with Gasteiger partial charge in [0, 0.05) is 35.0 Å². The van der Waals surface area contributed by atoms with Crippen LogP contribution in [-0.4, -0.2) is 60.6 Å². The molecule has 0 bridgehead atoms. The van der Waals surface area contributed by atoms with Crippen LogP contribution in [0.5, 0.6) is 0 Å². The maximum absolute atomic E-state index is 12.0. The molecular weight excluding hydrogens is 1150 g/mol. The molecule has 75 heavy (non-hydrogen) atoms. The highest BCUT2D eigenvalue weighted by Crippen LogP contribution is 2.42. The first-order valence-electron chi connectivity index (χ1n) is 22.1. The van der Waals surface area contributed by atoms with Gasteiger partial charge in [-0.05, 0) is 79.3 Å². The summed E-state index contributed by atoms with van der Waals surface area (Å²) < 4.78 is 4.68. The van der Waals surface area contributed by atoms with E-state index in [9.17, 15) is 28.8 Å². The Morgan fingerprint density at radius 2 is 0.987 bits per heavy atom. The Kier molecular flexibility index (Phi) is 24.1. The number of carbonyl (C=O) groups is 3. The molecule has 18 nitrogen and oxygen atoms in total. The topological polar surface area (TPSA) is 284 Å². The molecule has 0 aliphatic rings. The van der Waals surface area contributed by atoms with Crippen LogP contribution in [0.2, 0.25) is 30.1 Å². The lowest BCUT2D eigenvalue weighted by atomic mass is 10.1. The number of nitriles is 1. The second-order valence-corrected chi connectivity index (χ2v) is 21.9. The number of hydrazone groups is 1. The molecule has 0 saturated heterocycles. The van der Waals surface area contributed by atoms with Crippen molar-refractivity contribution in [2.45, 2.75) is 109 Å². The number of nitrogens with two attached hydrogens (primary N) is 1. The normalized spacial score (nSPS) is 11.1. The van der Waals surface area contributed by atoms with Gasteiger partial charge in [0.2, 0.25) is 17.4 Å². The molecule has 0 aliphatic carbocycles. The average Bonchev–Trinajstić information content (AvgIpc) is 3.31. The number of esters is 1. The van der Waals surface area contributed by atoms with Crippen LogP contribution < -0.4 is 33.2 Å². The molecule has 0 atom stereocenters. The van der Waals surface area contributed by atoms with Crippen molar-refractivity contribution >= 4 is 145 Å². The van der Waals surface area contributed by atoms with Gasteiger partial charge in [0.25, 0.3) is 16.7 Å². The standard InChI is InChI=1S/C20H19Cl2N5O4S.C15H15Cl2N3O2S.C13H13Cl2N3OS/c1-4-31-18(29)8-16(28)15(9-23)25-24-11-5-13(21)19(14(22)6-11)32-17-7-12(10(2)3)20(30)27-26-17;1-7(2)10-6-13(19-20-15(10)22)23-14-11(16)4-9(5-12(14)17)18-8(3)21;1-6(2)8-5-11(17-18-13(8)19)20-12-9(14)3-7(16)4-10(12)15/h5-7,10,24H,4,8H2,1-3H3,(H,27,30);4-7H,1-3H3,(H,18,21)(H,20,22);3-6H,16H2,1-2H3,(H,18,19)/b25-15-;;. The van der Waals surface area contributed by atoms with E-state index >= 15 is 0 Å². The number of ether oxygens (including phenoxy) is 1. The van der Waals surface area contributed by atoms with Crippen LogP contribution in [0.15, 0.2) is 104 Å². The van der Waals surface area contributed by atoms with Crippen molar-refractivity contribution in [1.29, 1.82) is 5.26 Å². The predicted octanol–water partition coefficient (Wildman–Crippen LogP) is 12.4. The lowest BCUT2D eigenvalue weighted by Crippen LogP contribution is -2.19. The molecule has 0 spiro atoms. The summed E-state index contributed by atoms with van der Waals surface area (Å²) in [7, 11) is 0. The van der Waals surface area contributed by atoms with Crippen molar-refractivity contribution in [2.24, 2.45) is 5.10 Å². The summed E-state index contributed by atoms with van der Waals surface area (Å²) in [5.74, 6) is -1.54. The van der Waals surface area contributed by atoms with Gasteiger partial charge < -0.3 is 15.8 Å². The monoisotopic (exact) mass is 1200 g/mol. The summed E-state index contributed by atoms with van der Waals surface area (Å²) in [6.45, 7) is 14.7. The Morgan fingerprint density at radius 1 is 0.640 bits per heavy atom. The number of halogens is 6. The number of aromatic amines is 3. The highest BCUT2D eigenvalue weighted by Gasteiger charge is 2.19. The smallest absolute Gasteiger partial charge is 0.313 e. The maximum atomic E-state index is 12.0. The molecular formula is C48H47Cl6N11O7S3. The van der Waals surface area contributed by atoms with E-state index < -0.39 is 23.9 Å². The number of nitrogens with one attached hydrogen (secondary N) is 5. The molecule has 3 aromatic carbocycles. The predicted molar refractivity (Wildman–Crippen MR) is 300 cm³/mol. The van der Waals surface area contributed by atoms with Crippen molar-refractivity contribution in [3.05, 3.63) is 132 Å². The molecule has 0 saturated carbocycles. The van der Waals surface area contributed by atoms with Gasteiger partial charge in [0.05, 0.1) is 57.1 Å². The minimum Gasteiger partial charge on any atom is -0.466 e.